The average Bonchev–Trinajstić information content (AvgIpc) is 3.07. The van der Waals surface area contributed by atoms with Crippen LogP contribution in [0.1, 0.15) is 53.5 Å². The molecular weight excluding hydrogens is 292 g/mol. The summed E-state index contributed by atoms with van der Waals surface area (Å²) in [5.74, 6) is 1.92. The Kier molecular flexibility index (Phi) is 3.67. The van der Waals surface area contributed by atoms with Crippen molar-refractivity contribution < 1.29 is 9.21 Å². The number of aryl methyl sites for hydroxylation is 1. The molecule has 0 radical (unpaired) electrons. The molecule has 1 saturated heterocycles. The van der Waals surface area contributed by atoms with Gasteiger partial charge in [-0.3, -0.25) is 9.48 Å². The molecule has 2 aromatic rings. The van der Waals surface area contributed by atoms with Crippen LogP contribution in [0.25, 0.3) is 0 Å². The van der Waals surface area contributed by atoms with Gasteiger partial charge in [0.15, 0.2) is 11.6 Å². The van der Waals surface area contributed by atoms with Gasteiger partial charge in [0.2, 0.25) is 0 Å². The van der Waals surface area contributed by atoms with Crippen LogP contribution in [0.5, 0.6) is 0 Å². The van der Waals surface area contributed by atoms with E-state index in [-0.39, 0.29) is 5.91 Å². The number of hydrogen-bond acceptors (Lipinski definition) is 4. The third-order valence-electron chi connectivity index (χ3n) is 4.91. The third-order valence-corrected chi connectivity index (χ3v) is 4.91. The second-order valence-electron chi connectivity index (χ2n) is 6.79. The van der Waals surface area contributed by atoms with Gasteiger partial charge in [0, 0.05) is 32.8 Å². The van der Waals surface area contributed by atoms with Gasteiger partial charge in [0.1, 0.15) is 6.26 Å². The molecule has 2 aliphatic rings. The molecule has 1 aliphatic heterocycles. The van der Waals surface area contributed by atoms with Gasteiger partial charge in [-0.15, -0.1) is 0 Å². The number of hydrogen-bond donors (Lipinski definition) is 0. The van der Waals surface area contributed by atoms with Crippen LogP contribution >= 0.6 is 0 Å². The molecule has 0 bridgehead atoms. The lowest BCUT2D eigenvalue weighted by Crippen LogP contribution is -2.38. The summed E-state index contributed by atoms with van der Waals surface area (Å²) in [4.78, 5) is 18.8. The molecule has 0 atom stereocenters. The van der Waals surface area contributed by atoms with E-state index in [4.69, 9.17) is 4.42 Å². The fourth-order valence-corrected chi connectivity index (χ4v) is 3.30. The van der Waals surface area contributed by atoms with Crippen LogP contribution in [0.4, 0.5) is 0 Å². The van der Waals surface area contributed by atoms with E-state index in [1.54, 1.807) is 0 Å². The summed E-state index contributed by atoms with van der Waals surface area (Å²) in [6.45, 7) is 1.53. The number of likely N-dealkylation sites (tertiary alicyclic amines) is 1. The lowest BCUT2D eigenvalue weighted by atomic mass is 9.91. The fourth-order valence-electron chi connectivity index (χ4n) is 3.30. The summed E-state index contributed by atoms with van der Waals surface area (Å²) in [5.41, 5.74) is 1.73. The van der Waals surface area contributed by atoms with Crippen LogP contribution < -0.4 is 0 Å². The van der Waals surface area contributed by atoms with E-state index >= 15 is 0 Å². The normalized spacial score (nSPS) is 19.3. The van der Waals surface area contributed by atoms with Gasteiger partial charge in [-0.25, -0.2) is 4.98 Å². The second-order valence-corrected chi connectivity index (χ2v) is 6.79. The molecule has 1 saturated carbocycles. The smallest absolute Gasteiger partial charge is 0.275 e. The zero-order chi connectivity index (χ0) is 15.8. The molecule has 2 fully saturated rings. The first-order chi connectivity index (χ1) is 11.2. The van der Waals surface area contributed by atoms with Crippen LogP contribution in [0, 0.1) is 5.92 Å². The molecular formula is C17H22N4O2. The van der Waals surface area contributed by atoms with Crippen molar-refractivity contribution >= 4 is 5.91 Å². The maximum Gasteiger partial charge on any atom is 0.275 e. The number of carbonyl (C=O) groups excluding carboxylic acids is 1. The molecule has 3 heterocycles. The minimum absolute atomic E-state index is 0.000401. The van der Waals surface area contributed by atoms with Gasteiger partial charge < -0.3 is 9.32 Å². The summed E-state index contributed by atoms with van der Waals surface area (Å²) >= 11 is 0. The van der Waals surface area contributed by atoms with Crippen molar-refractivity contribution in [3.63, 3.8) is 0 Å². The first-order valence-corrected chi connectivity index (χ1v) is 8.41. The molecule has 4 rings (SSSR count). The maximum absolute atomic E-state index is 12.5. The van der Waals surface area contributed by atoms with Gasteiger partial charge in [0.05, 0.1) is 6.20 Å². The zero-order valence-electron chi connectivity index (χ0n) is 13.4. The van der Waals surface area contributed by atoms with Crippen LogP contribution in [-0.4, -0.2) is 38.7 Å². The lowest BCUT2D eigenvalue weighted by molar-refractivity contribution is 0.0707. The standard InChI is InChI=1S/C17H22N4O2/c1-20-10-14(9-18-20)13-4-6-21(7-5-13)17(22)15-11-23-16(19-15)8-12-2-3-12/h9-13H,2-8H2,1H3. The SMILES string of the molecule is Cn1cc(C2CCN(C(=O)c3coc(CC4CC4)n3)CC2)cn1. The first kappa shape index (κ1) is 14.5. The van der Waals surface area contributed by atoms with E-state index in [1.807, 2.05) is 22.8 Å². The fraction of sp³-hybridized carbons (Fsp3) is 0.588. The molecule has 1 amide bonds. The number of nitrogens with zero attached hydrogens (tertiary/aromatic N) is 4. The first-order valence-electron chi connectivity index (χ1n) is 8.41. The molecule has 6 heteroatoms. The van der Waals surface area contributed by atoms with Crippen molar-refractivity contribution in [3.8, 4) is 0 Å². The van der Waals surface area contributed by atoms with E-state index in [9.17, 15) is 4.79 Å². The summed E-state index contributed by atoms with van der Waals surface area (Å²) in [7, 11) is 1.94. The number of aromatic nitrogens is 3. The number of carbonyl (C=O) groups is 1. The molecule has 0 aromatic carbocycles. The Labute approximate surface area is 135 Å². The van der Waals surface area contributed by atoms with Crippen molar-refractivity contribution in [2.24, 2.45) is 13.0 Å². The third kappa shape index (κ3) is 3.16. The number of rotatable bonds is 4. The predicted octanol–water partition coefficient (Wildman–Crippen LogP) is 2.38. The molecule has 0 N–H and O–H groups in total. The van der Waals surface area contributed by atoms with Gasteiger partial charge in [-0.1, -0.05) is 0 Å². The minimum Gasteiger partial charge on any atom is -0.448 e. The van der Waals surface area contributed by atoms with Gasteiger partial charge in [0.25, 0.3) is 5.91 Å². The van der Waals surface area contributed by atoms with Crippen LogP contribution in [0.15, 0.2) is 23.1 Å². The summed E-state index contributed by atoms with van der Waals surface area (Å²) in [6.07, 6.45) is 10.9. The van der Waals surface area contributed by atoms with E-state index in [0.29, 0.717) is 23.4 Å². The highest BCUT2D eigenvalue weighted by Gasteiger charge is 2.28. The van der Waals surface area contributed by atoms with Crippen molar-refractivity contribution in [3.05, 3.63) is 35.8 Å². The molecule has 0 unspecified atom stereocenters. The monoisotopic (exact) mass is 314 g/mol. The molecule has 6 nitrogen and oxygen atoms in total. The van der Waals surface area contributed by atoms with Crippen LogP contribution in [-0.2, 0) is 13.5 Å². The molecule has 2 aromatic heterocycles. The van der Waals surface area contributed by atoms with Crippen molar-refractivity contribution in [1.82, 2.24) is 19.7 Å². The van der Waals surface area contributed by atoms with E-state index in [2.05, 4.69) is 16.3 Å². The Morgan fingerprint density at radius 1 is 1.30 bits per heavy atom. The Morgan fingerprint density at radius 2 is 2.09 bits per heavy atom. The highest BCUT2D eigenvalue weighted by molar-refractivity contribution is 5.92. The maximum atomic E-state index is 12.5. The number of amides is 1. The highest BCUT2D eigenvalue weighted by atomic mass is 16.3. The van der Waals surface area contributed by atoms with E-state index in [0.717, 1.165) is 32.4 Å². The summed E-state index contributed by atoms with van der Waals surface area (Å²) < 4.78 is 7.29. The summed E-state index contributed by atoms with van der Waals surface area (Å²) in [6, 6.07) is 0. The van der Waals surface area contributed by atoms with Gasteiger partial charge >= 0.3 is 0 Å². The Balaban J connectivity index is 1.35. The quantitative estimate of drug-likeness (QED) is 0.869. The predicted molar refractivity (Wildman–Crippen MR) is 84.0 cm³/mol. The van der Waals surface area contributed by atoms with Gasteiger partial charge in [-0.05, 0) is 43.1 Å². The Hall–Kier alpha value is -2.11. The van der Waals surface area contributed by atoms with Gasteiger partial charge in [-0.2, -0.15) is 5.10 Å². The van der Waals surface area contributed by atoms with Crippen LogP contribution in [0.2, 0.25) is 0 Å². The molecule has 0 spiro atoms. The minimum atomic E-state index is 0.000401. The second kappa shape index (κ2) is 5.83. The topological polar surface area (TPSA) is 64.2 Å². The lowest BCUT2D eigenvalue weighted by Gasteiger charge is -2.31. The van der Waals surface area contributed by atoms with Crippen molar-refractivity contribution in [2.45, 2.75) is 38.0 Å². The Morgan fingerprint density at radius 3 is 2.74 bits per heavy atom. The molecule has 122 valence electrons. The van der Waals surface area contributed by atoms with E-state index < -0.39 is 0 Å². The number of oxazole rings is 1. The average molecular weight is 314 g/mol. The Bertz CT molecular complexity index is 693. The molecule has 1 aliphatic carbocycles. The highest BCUT2D eigenvalue weighted by Crippen LogP contribution is 2.32. The van der Waals surface area contributed by atoms with Crippen LogP contribution in [0.3, 0.4) is 0 Å². The number of piperidine rings is 1. The largest absolute Gasteiger partial charge is 0.448 e. The van der Waals surface area contributed by atoms with Crippen molar-refractivity contribution in [1.29, 1.82) is 0 Å². The summed E-state index contributed by atoms with van der Waals surface area (Å²) in [5, 5.41) is 4.24. The zero-order valence-corrected chi connectivity index (χ0v) is 13.4. The molecule has 23 heavy (non-hydrogen) atoms. The van der Waals surface area contributed by atoms with E-state index in [1.165, 1.54) is 24.7 Å². The van der Waals surface area contributed by atoms with Crippen molar-refractivity contribution in [2.75, 3.05) is 13.1 Å².